The quantitative estimate of drug-likeness (QED) is 0.213. The molecule has 9 heteroatoms. The van der Waals surface area contributed by atoms with Crippen molar-refractivity contribution < 1.29 is 19.1 Å². The van der Waals surface area contributed by atoms with E-state index in [1.54, 1.807) is 20.8 Å². The summed E-state index contributed by atoms with van der Waals surface area (Å²) in [5.41, 5.74) is 4.35. The van der Waals surface area contributed by atoms with Gasteiger partial charge in [0.2, 0.25) is 5.91 Å². The van der Waals surface area contributed by atoms with Gasteiger partial charge in [0.15, 0.2) is 0 Å². The molecule has 0 aliphatic carbocycles. The first-order valence-corrected chi connectivity index (χ1v) is 16.5. The molecule has 4 aromatic rings. The highest BCUT2D eigenvalue weighted by Gasteiger charge is 2.29. The fraction of sp³-hybridized carbons (Fsp3) is 0.368. The van der Waals surface area contributed by atoms with E-state index in [-0.39, 0.29) is 24.8 Å². The highest BCUT2D eigenvalue weighted by molar-refractivity contribution is 6.15. The van der Waals surface area contributed by atoms with Crippen LogP contribution in [0.25, 0.3) is 22.2 Å². The van der Waals surface area contributed by atoms with Gasteiger partial charge >= 0.3 is 6.09 Å². The molecule has 5 rings (SSSR count). The van der Waals surface area contributed by atoms with Crippen LogP contribution in [0, 0.1) is 0 Å². The largest absolute Gasteiger partial charge is 0.444 e. The lowest BCUT2D eigenvalue weighted by molar-refractivity contribution is -0.132. The smallest absolute Gasteiger partial charge is 0.407 e. The maximum Gasteiger partial charge on any atom is 0.407 e. The average Bonchev–Trinajstić information content (AvgIpc) is 3.07. The van der Waals surface area contributed by atoms with Crippen LogP contribution in [0.4, 0.5) is 10.5 Å². The van der Waals surface area contributed by atoms with Crippen molar-refractivity contribution in [2.75, 3.05) is 44.2 Å². The third kappa shape index (κ3) is 8.54. The number of hydrogen-bond donors (Lipinski definition) is 1. The second kappa shape index (κ2) is 15.2. The highest BCUT2D eigenvalue weighted by atomic mass is 16.6. The Balaban J connectivity index is 1.41. The third-order valence-corrected chi connectivity index (χ3v) is 8.13. The molecule has 0 spiro atoms. The Bertz CT molecular complexity index is 1680. The van der Waals surface area contributed by atoms with Gasteiger partial charge in [-0.1, -0.05) is 73.7 Å². The second-order valence-electron chi connectivity index (χ2n) is 12.8. The van der Waals surface area contributed by atoms with E-state index in [1.165, 1.54) is 0 Å². The zero-order valence-electron chi connectivity index (χ0n) is 27.9. The summed E-state index contributed by atoms with van der Waals surface area (Å²) in [6.07, 6.45) is 0.494. The Morgan fingerprint density at radius 2 is 1.51 bits per heavy atom. The highest BCUT2D eigenvalue weighted by Crippen LogP contribution is 2.33. The van der Waals surface area contributed by atoms with Crippen molar-refractivity contribution in [3.05, 3.63) is 96.1 Å². The Morgan fingerprint density at radius 1 is 0.872 bits per heavy atom. The molecule has 3 amide bonds. The van der Waals surface area contributed by atoms with Crippen LogP contribution in [-0.4, -0.2) is 77.6 Å². The standard InChI is InChI=1S/C38H45N5O4/c1-5-22-43(29-16-10-7-11-17-29)36(45)34-30-18-12-13-19-32(30)40-35(28-14-8-6-9-15-28)31(34)27-41-23-25-42(26-24-41)33(44)20-21-39-37(46)47-38(2,3)4/h6-19H,5,20-27H2,1-4H3,(H,39,46). The summed E-state index contributed by atoms with van der Waals surface area (Å²) in [6.45, 7) is 11.2. The molecule has 0 bridgehead atoms. The van der Waals surface area contributed by atoms with Crippen LogP contribution in [0.2, 0.25) is 0 Å². The number of nitrogens with zero attached hydrogens (tertiary/aromatic N) is 4. The van der Waals surface area contributed by atoms with Crippen LogP contribution in [0.1, 0.15) is 56.5 Å². The first-order chi connectivity index (χ1) is 22.6. The maximum absolute atomic E-state index is 14.7. The summed E-state index contributed by atoms with van der Waals surface area (Å²) in [5.74, 6) is -0.0536. The molecule has 1 aromatic heterocycles. The molecule has 0 radical (unpaired) electrons. The topological polar surface area (TPSA) is 95.1 Å². The fourth-order valence-corrected chi connectivity index (χ4v) is 5.92. The van der Waals surface area contributed by atoms with E-state index >= 15 is 0 Å². The van der Waals surface area contributed by atoms with E-state index in [2.05, 4.69) is 17.1 Å². The molecule has 1 N–H and O–H groups in total. The third-order valence-electron chi connectivity index (χ3n) is 8.13. The van der Waals surface area contributed by atoms with E-state index in [4.69, 9.17) is 9.72 Å². The molecule has 0 saturated carbocycles. The van der Waals surface area contributed by atoms with Gasteiger partial charge in [-0.25, -0.2) is 9.78 Å². The van der Waals surface area contributed by atoms with Gasteiger partial charge in [-0.15, -0.1) is 0 Å². The SMILES string of the molecule is CCCN(C(=O)c1c(CN2CCN(C(=O)CCNC(=O)OC(C)(C)C)CC2)c(-c2ccccc2)nc2ccccc12)c1ccccc1. The lowest BCUT2D eigenvalue weighted by Crippen LogP contribution is -2.49. The van der Waals surface area contributed by atoms with Gasteiger partial charge in [-0.3, -0.25) is 14.5 Å². The second-order valence-corrected chi connectivity index (χ2v) is 12.8. The number of ether oxygens (including phenoxy) is 1. The molecule has 0 atom stereocenters. The summed E-state index contributed by atoms with van der Waals surface area (Å²) in [6, 6.07) is 27.8. The molecule has 9 nitrogen and oxygen atoms in total. The zero-order valence-corrected chi connectivity index (χ0v) is 27.9. The van der Waals surface area contributed by atoms with Gasteiger partial charge in [0.1, 0.15) is 5.60 Å². The van der Waals surface area contributed by atoms with Gasteiger partial charge < -0.3 is 19.9 Å². The summed E-state index contributed by atoms with van der Waals surface area (Å²) < 4.78 is 5.27. The number of fused-ring (bicyclic) bond motifs is 1. The van der Waals surface area contributed by atoms with Gasteiger partial charge in [0, 0.05) is 74.4 Å². The molecule has 1 saturated heterocycles. The minimum Gasteiger partial charge on any atom is -0.444 e. The number of amides is 3. The molecule has 47 heavy (non-hydrogen) atoms. The number of pyridine rings is 1. The number of aromatic nitrogens is 1. The summed E-state index contributed by atoms with van der Waals surface area (Å²) in [7, 11) is 0. The molecule has 1 aliphatic heterocycles. The minimum absolute atomic E-state index is 0.00742. The van der Waals surface area contributed by atoms with Crippen LogP contribution in [-0.2, 0) is 16.1 Å². The first kappa shape index (κ1) is 33.6. The number of anilines is 1. The molecule has 1 fully saturated rings. The number of piperazine rings is 1. The number of rotatable bonds is 10. The van der Waals surface area contributed by atoms with Crippen molar-refractivity contribution >= 4 is 34.5 Å². The van der Waals surface area contributed by atoms with Crippen LogP contribution >= 0.6 is 0 Å². The molecule has 2 heterocycles. The van der Waals surface area contributed by atoms with Gasteiger partial charge in [0.05, 0.1) is 16.8 Å². The van der Waals surface area contributed by atoms with Gasteiger partial charge in [0.25, 0.3) is 5.91 Å². The van der Waals surface area contributed by atoms with Crippen molar-refractivity contribution in [3.63, 3.8) is 0 Å². The number of benzene rings is 3. The van der Waals surface area contributed by atoms with Crippen molar-refractivity contribution in [2.45, 2.75) is 52.7 Å². The lowest BCUT2D eigenvalue weighted by Gasteiger charge is -2.35. The minimum atomic E-state index is -0.592. The Hall–Kier alpha value is -4.76. The van der Waals surface area contributed by atoms with Crippen molar-refractivity contribution in [1.29, 1.82) is 0 Å². The average molecular weight is 636 g/mol. The number of hydrogen-bond acceptors (Lipinski definition) is 6. The monoisotopic (exact) mass is 635 g/mol. The maximum atomic E-state index is 14.7. The van der Waals surface area contributed by atoms with Gasteiger partial charge in [-0.05, 0) is 45.4 Å². The zero-order chi connectivity index (χ0) is 33.4. The molecule has 0 unspecified atom stereocenters. The number of carbonyl (C=O) groups is 3. The fourth-order valence-electron chi connectivity index (χ4n) is 5.92. The molecule has 3 aromatic carbocycles. The predicted octanol–water partition coefficient (Wildman–Crippen LogP) is 6.52. The number of alkyl carbamates (subject to hydrolysis) is 1. The normalized spacial score (nSPS) is 13.7. The Morgan fingerprint density at radius 3 is 2.17 bits per heavy atom. The van der Waals surface area contributed by atoms with Gasteiger partial charge in [-0.2, -0.15) is 0 Å². The van der Waals surface area contributed by atoms with E-state index in [0.717, 1.165) is 39.8 Å². The Kier molecular flexibility index (Phi) is 10.9. The summed E-state index contributed by atoms with van der Waals surface area (Å²) >= 11 is 0. The van der Waals surface area contributed by atoms with E-state index in [9.17, 15) is 14.4 Å². The number of carbonyl (C=O) groups excluding carboxylic acids is 3. The lowest BCUT2D eigenvalue weighted by atomic mass is 9.94. The Labute approximate surface area is 277 Å². The molecular formula is C38H45N5O4. The van der Waals surface area contributed by atoms with Crippen LogP contribution in [0.3, 0.4) is 0 Å². The van der Waals surface area contributed by atoms with Crippen molar-refractivity contribution in [1.82, 2.24) is 20.1 Å². The number of para-hydroxylation sites is 2. The van der Waals surface area contributed by atoms with E-state index in [1.807, 2.05) is 94.7 Å². The number of nitrogens with one attached hydrogen (secondary N) is 1. The van der Waals surface area contributed by atoms with Crippen molar-refractivity contribution in [2.24, 2.45) is 0 Å². The van der Waals surface area contributed by atoms with E-state index in [0.29, 0.717) is 44.8 Å². The van der Waals surface area contributed by atoms with Crippen LogP contribution in [0.15, 0.2) is 84.9 Å². The van der Waals surface area contributed by atoms with Crippen molar-refractivity contribution in [3.8, 4) is 11.3 Å². The summed E-state index contributed by atoms with van der Waals surface area (Å²) in [4.78, 5) is 50.9. The van der Waals surface area contributed by atoms with Crippen LogP contribution in [0.5, 0.6) is 0 Å². The molecule has 246 valence electrons. The first-order valence-electron chi connectivity index (χ1n) is 16.5. The van der Waals surface area contributed by atoms with Crippen LogP contribution < -0.4 is 10.2 Å². The van der Waals surface area contributed by atoms with E-state index < -0.39 is 11.7 Å². The molecular weight excluding hydrogens is 590 g/mol. The molecule has 1 aliphatic rings. The predicted molar refractivity (Wildman–Crippen MR) is 186 cm³/mol. The summed E-state index contributed by atoms with van der Waals surface area (Å²) in [5, 5.41) is 3.50.